The molecule has 0 radical (unpaired) electrons. The second kappa shape index (κ2) is 10.1. The Kier molecular flexibility index (Phi) is 8.09. The summed E-state index contributed by atoms with van der Waals surface area (Å²) in [6.07, 6.45) is 2.29. The van der Waals surface area contributed by atoms with Gasteiger partial charge in [-0.25, -0.2) is 0 Å². The number of rotatable bonds is 6. The summed E-state index contributed by atoms with van der Waals surface area (Å²) in [5.74, 6) is 0.526. The largest absolute Gasteiger partial charge is 0.356 e. The number of nitrogens with zero attached hydrogens (tertiary/aromatic N) is 1. The van der Waals surface area contributed by atoms with Crippen LogP contribution in [-0.4, -0.2) is 32.0 Å². The van der Waals surface area contributed by atoms with Crippen molar-refractivity contribution in [2.45, 2.75) is 18.3 Å². The molecule has 0 unspecified atom stereocenters. The van der Waals surface area contributed by atoms with E-state index in [1.165, 1.54) is 5.56 Å². The average molecular weight is 543 g/mol. The molecular weight excluding hydrogens is 519 g/mol. The molecule has 3 rings (SSSR count). The van der Waals surface area contributed by atoms with Gasteiger partial charge in [0.05, 0.1) is 6.54 Å². The van der Waals surface area contributed by atoms with E-state index < -0.39 is 0 Å². The van der Waals surface area contributed by atoms with Crippen LogP contribution in [0.1, 0.15) is 18.4 Å². The maximum absolute atomic E-state index is 12.0. The Bertz CT molecular complexity index is 794. The molecule has 0 aliphatic heterocycles. The highest BCUT2D eigenvalue weighted by atomic mass is 127. The number of hydrogen-bond donors (Lipinski definition) is 3. The van der Waals surface area contributed by atoms with E-state index in [1.807, 2.05) is 36.4 Å². The van der Waals surface area contributed by atoms with Gasteiger partial charge in [-0.15, -0.1) is 24.0 Å². The zero-order valence-electron chi connectivity index (χ0n) is 15.2. The lowest BCUT2D eigenvalue weighted by Gasteiger charge is -2.20. The molecule has 27 heavy (non-hydrogen) atoms. The first kappa shape index (κ1) is 21.7. The molecule has 0 heterocycles. The average Bonchev–Trinajstić information content (AvgIpc) is 3.44. The first-order chi connectivity index (χ1) is 12.6. The molecule has 1 aliphatic carbocycles. The molecule has 144 valence electrons. The van der Waals surface area contributed by atoms with Gasteiger partial charge in [0.2, 0.25) is 5.91 Å². The third-order valence-electron chi connectivity index (χ3n) is 4.59. The quantitative estimate of drug-likeness (QED) is 0.295. The van der Waals surface area contributed by atoms with Crippen LogP contribution in [0.5, 0.6) is 0 Å². The predicted molar refractivity (Wildman–Crippen MR) is 125 cm³/mol. The summed E-state index contributed by atoms with van der Waals surface area (Å²) in [7, 11) is 1.71. The molecule has 0 saturated heterocycles. The van der Waals surface area contributed by atoms with E-state index in [2.05, 4.69) is 55.1 Å². The van der Waals surface area contributed by atoms with E-state index in [9.17, 15) is 4.79 Å². The summed E-state index contributed by atoms with van der Waals surface area (Å²) < 4.78 is 1.14. The van der Waals surface area contributed by atoms with E-state index in [-0.39, 0.29) is 41.8 Å². The number of anilines is 1. The minimum Gasteiger partial charge on any atom is -0.356 e. The van der Waals surface area contributed by atoms with Crippen LogP contribution in [0.2, 0.25) is 0 Å². The monoisotopic (exact) mass is 542 g/mol. The van der Waals surface area contributed by atoms with E-state index in [0.29, 0.717) is 5.96 Å². The third kappa shape index (κ3) is 5.93. The number of carbonyl (C=O) groups is 1. The van der Waals surface area contributed by atoms with Crippen LogP contribution in [-0.2, 0) is 10.2 Å². The minimum absolute atomic E-state index is 0. The van der Waals surface area contributed by atoms with Gasteiger partial charge in [-0.3, -0.25) is 9.79 Å². The summed E-state index contributed by atoms with van der Waals surface area (Å²) in [5, 5.41) is 9.28. The second-order valence-electron chi connectivity index (χ2n) is 6.45. The highest BCUT2D eigenvalue weighted by molar-refractivity contribution is 14.0. The lowest BCUT2D eigenvalue weighted by Crippen LogP contribution is -2.44. The number of nitrogens with one attached hydrogen (secondary N) is 3. The second-order valence-corrected chi connectivity index (χ2v) is 7.31. The zero-order valence-corrected chi connectivity index (χ0v) is 19.1. The zero-order chi connectivity index (χ0) is 18.4. The van der Waals surface area contributed by atoms with E-state index in [0.717, 1.165) is 29.5 Å². The lowest BCUT2D eigenvalue weighted by atomic mass is 9.96. The van der Waals surface area contributed by atoms with Crippen molar-refractivity contribution in [1.29, 1.82) is 0 Å². The standard InChI is InChI=1S/C20H23BrN4O.HI/c1-22-19(23-13-18(26)25-15-7-3-2-4-8-15)24-14-20(11-12-20)16-9-5-6-10-17(16)21;/h2-10H,11-14H2,1H3,(H,25,26)(H2,22,23,24);1H. The van der Waals surface area contributed by atoms with E-state index >= 15 is 0 Å². The van der Waals surface area contributed by atoms with Crippen LogP contribution in [0.15, 0.2) is 64.1 Å². The van der Waals surface area contributed by atoms with Crippen molar-refractivity contribution < 1.29 is 4.79 Å². The van der Waals surface area contributed by atoms with E-state index in [1.54, 1.807) is 7.05 Å². The summed E-state index contributed by atoms with van der Waals surface area (Å²) in [5.41, 5.74) is 2.25. The summed E-state index contributed by atoms with van der Waals surface area (Å²) in [4.78, 5) is 16.3. The molecule has 0 aromatic heterocycles. The van der Waals surface area contributed by atoms with Crippen molar-refractivity contribution in [2.75, 3.05) is 25.5 Å². The molecule has 1 fully saturated rings. The van der Waals surface area contributed by atoms with Crippen molar-refractivity contribution in [3.05, 3.63) is 64.6 Å². The van der Waals surface area contributed by atoms with Gasteiger partial charge in [-0.05, 0) is 36.6 Å². The Hall–Kier alpha value is -1.61. The first-order valence-electron chi connectivity index (χ1n) is 8.67. The SMILES string of the molecule is CN=C(NCC(=O)Nc1ccccc1)NCC1(c2ccccc2Br)CC1.I. The predicted octanol–water partition coefficient (Wildman–Crippen LogP) is 3.90. The third-order valence-corrected chi connectivity index (χ3v) is 5.28. The number of carbonyl (C=O) groups excluding carboxylic acids is 1. The highest BCUT2D eigenvalue weighted by Gasteiger charge is 2.45. The molecule has 0 spiro atoms. The fraction of sp³-hybridized carbons (Fsp3) is 0.300. The van der Waals surface area contributed by atoms with Gasteiger partial charge in [0.25, 0.3) is 0 Å². The molecule has 1 amide bonds. The van der Waals surface area contributed by atoms with Crippen molar-refractivity contribution in [3.8, 4) is 0 Å². The molecule has 0 atom stereocenters. The van der Waals surface area contributed by atoms with Crippen LogP contribution in [0.3, 0.4) is 0 Å². The number of halogens is 2. The summed E-state index contributed by atoms with van der Waals surface area (Å²) in [6, 6.07) is 17.8. The number of guanidine groups is 1. The van der Waals surface area contributed by atoms with Crippen LogP contribution in [0, 0.1) is 0 Å². The fourth-order valence-corrected chi connectivity index (χ4v) is 3.65. The van der Waals surface area contributed by atoms with Gasteiger partial charge in [0.1, 0.15) is 0 Å². The molecule has 7 heteroatoms. The number of benzene rings is 2. The number of para-hydroxylation sites is 1. The van der Waals surface area contributed by atoms with Crippen molar-refractivity contribution in [3.63, 3.8) is 0 Å². The fourth-order valence-electron chi connectivity index (χ4n) is 2.95. The van der Waals surface area contributed by atoms with Gasteiger partial charge < -0.3 is 16.0 Å². The van der Waals surface area contributed by atoms with Crippen LogP contribution < -0.4 is 16.0 Å². The maximum atomic E-state index is 12.0. The van der Waals surface area contributed by atoms with Gasteiger partial charge in [-0.1, -0.05) is 52.3 Å². The summed E-state index contributed by atoms with van der Waals surface area (Å²) >= 11 is 3.65. The summed E-state index contributed by atoms with van der Waals surface area (Å²) in [6.45, 7) is 0.951. The minimum atomic E-state index is -0.105. The molecule has 2 aromatic rings. The van der Waals surface area contributed by atoms with E-state index in [4.69, 9.17) is 0 Å². The smallest absolute Gasteiger partial charge is 0.243 e. The van der Waals surface area contributed by atoms with Crippen molar-refractivity contribution in [2.24, 2.45) is 4.99 Å². The Morgan fingerprint density at radius 1 is 1.07 bits per heavy atom. The normalized spacial score (nSPS) is 14.7. The topological polar surface area (TPSA) is 65.5 Å². The molecule has 5 nitrogen and oxygen atoms in total. The van der Waals surface area contributed by atoms with Gasteiger partial charge in [-0.2, -0.15) is 0 Å². The van der Waals surface area contributed by atoms with Crippen LogP contribution in [0.4, 0.5) is 5.69 Å². The van der Waals surface area contributed by atoms with Crippen molar-refractivity contribution in [1.82, 2.24) is 10.6 Å². The molecular formula is C20H24BrIN4O. The number of aliphatic imine (C=N–C) groups is 1. The maximum Gasteiger partial charge on any atom is 0.243 e. The van der Waals surface area contributed by atoms with Gasteiger partial charge in [0, 0.05) is 29.2 Å². The molecule has 2 aromatic carbocycles. The van der Waals surface area contributed by atoms with Gasteiger partial charge in [0.15, 0.2) is 5.96 Å². The molecule has 0 bridgehead atoms. The number of amides is 1. The first-order valence-corrected chi connectivity index (χ1v) is 9.47. The van der Waals surface area contributed by atoms with Crippen LogP contribution >= 0.6 is 39.9 Å². The van der Waals surface area contributed by atoms with Crippen LogP contribution in [0.25, 0.3) is 0 Å². The van der Waals surface area contributed by atoms with Crippen molar-refractivity contribution >= 4 is 57.5 Å². The Labute approximate surface area is 185 Å². The lowest BCUT2D eigenvalue weighted by molar-refractivity contribution is -0.115. The number of hydrogen-bond acceptors (Lipinski definition) is 2. The Morgan fingerprint density at radius 3 is 2.37 bits per heavy atom. The Morgan fingerprint density at radius 2 is 1.74 bits per heavy atom. The molecule has 3 N–H and O–H groups in total. The Balaban J connectivity index is 0.00000261. The molecule has 1 saturated carbocycles. The molecule has 1 aliphatic rings. The highest BCUT2D eigenvalue weighted by Crippen LogP contribution is 2.49. The van der Waals surface area contributed by atoms with Gasteiger partial charge >= 0.3 is 0 Å².